The van der Waals surface area contributed by atoms with E-state index in [2.05, 4.69) is 120 Å². The van der Waals surface area contributed by atoms with Gasteiger partial charge in [-0.1, -0.05) is 162 Å². The molecular weight excluding hydrogens is 521 g/mol. The lowest BCUT2D eigenvalue weighted by atomic mass is 9.50. The Hall–Kier alpha value is -1.73. The molecule has 39 heavy (non-hydrogen) atoms. The standard InChI is InChI=1S/C35H50OSi3/c1-11-12-13-14-24-34-25-18-15-21-28(37(2,3)4)31(25)35(36,32-26(34)19-16-22-29(32)38(5,6)7)33-27(34)20-17-23-30(33)39(8,9)10/h15-23,36H,11-14,24H2,1-10H3. The number of aliphatic hydroxyl groups is 1. The second kappa shape index (κ2) is 9.40. The fourth-order valence-electron chi connectivity index (χ4n) is 7.80. The van der Waals surface area contributed by atoms with Crippen LogP contribution in [0.4, 0.5) is 0 Å². The molecule has 6 rings (SSSR count). The van der Waals surface area contributed by atoms with Crippen molar-refractivity contribution in [3.8, 4) is 0 Å². The number of benzene rings is 3. The number of hydrogen-bond acceptors (Lipinski definition) is 1. The summed E-state index contributed by atoms with van der Waals surface area (Å²) in [6, 6.07) is 21.2. The van der Waals surface area contributed by atoms with Crippen molar-refractivity contribution >= 4 is 39.8 Å². The van der Waals surface area contributed by atoms with Gasteiger partial charge in [-0.25, -0.2) is 0 Å². The van der Waals surface area contributed by atoms with Gasteiger partial charge in [-0.3, -0.25) is 0 Å². The van der Waals surface area contributed by atoms with E-state index in [1.54, 1.807) is 0 Å². The van der Waals surface area contributed by atoms with Crippen LogP contribution in [0.25, 0.3) is 0 Å². The zero-order valence-electron chi connectivity index (χ0n) is 26.2. The van der Waals surface area contributed by atoms with Crippen molar-refractivity contribution in [3.63, 3.8) is 0 Å². The molecule has 0 amide bonds. The van der Waals surface area contributed by atoms with E-state index in [0.717, 1.165) is 6.42 Å². The van der Waals surface area contributed by atoms with Crippen LogP contribution in [0.5, 0.6) is 0 Å². The minimum atomic E-state index is -1.78. The molecule has 1 N–H and O–H groups in total. The van der Waals surface area contributed by atoms with Crippen LogP contribution >= 0.6 is 0 Å². The van der Waals surface area contributed by atoms with E-state index in [9.17, 15) is 5.11 Å². The maximum absolute atomic E-state index is 13.8. The molecule has 0 unspecified atom stereocenters. The molecule has 3 aromatic carbocycles. The van der Waals surface area contributed by atoms with Crippen LogP contribution < -0.4 is 15.6 Å². The number of unbranched alkanes of at least 4 members (excludes halogenated alkanes) is 3. The molecular formula is C35H50OSi3. The summed E-state index contributed by atoms with van der Waals surface area (Å²) in [4.78, 5) is 0. The third kappa shape index (κ3) is 4.15. The molecule has 4 heteroatoms. The first kappa shape index (κ1) is 28.8. The Morgan fingerprint density at radius 1 is 0.538 bits per heavy atom. The van der Waals surface area contributed by atoms with E-state index >= 15 is 0 Å². The first-order chi connectivity index (χ1) is 18.1. The smallest absolute Gasteiger partial charge is 0.141 e. The molecule has 0 radical (unpaired) electrons. The average molecular weight is 571 g/mol. The predicted molar refractivity (Wildman–Crippen MR) is 179 cm³/mol. The second-order valence-corrected chi connectivity index (χ2v) is 30.5. The monoisotopic (exact) mass is 570 g/mol. The molecule has 0 aromatic heterocycles. The van der Waals surface area contributed by atoms with Gasteiger partial charge >= 0.3 is 0 Å². The molecule has 0 aliphatic heterocycles. The maximum atomic E-state index is 13.8. The summed E-state index contributed by atoms with van der Waals surface area (Å²) in [6.07, 6.45) is 6.10. The van der Waals surface area contributed by atoms with Gasteiger partial charge in [-0.05, 0) is 39.8 Å². The Morgan fingerprint density at radius 2 is 0.897 bits per heavy atom. The molecule has 0 saturated carbocycles. The Morgan fingerprint density at radius 3 is 1.21 bits per heavy atom. The SMILES string of the molecule is CCCCCCC12c3cccc([Si](C)(C)C)c3C(O)(c3c1cccc3[Si](C)(C)C)c1c2cccc1[Si](C)(C)C. The predicted octanol–water partition coefficient (Wildman–Crippen LogP) is 7.54. The molecule has 0 heterocycles. The first-order valence-corrected chi connectivity index (χ1v) is 25.8. The maximum Gasteiger partial charge on any atom is 0.141 e. The summed E-state index contributed by atoms with van der Waals surface area (Å²) in [5.74, 6) is 0. The molecule has 3 aromatic rings. The Balaban J connectivity index is 2.03. The fourth-order valence-corrected chi connectivity index (χ4v) is 12.8. The first-order valence-electron chi connectivity index (χ1n) is 15.3. The van der Waals surface area contributed by atoms with Crippen LogP contribution in [0.2, 0.25) is 58.9 Å². The largest absolute Gasteiger partial charge is 0.376 e. The van der Waals surface area contributed by atoms with Gasteiger partial charge < -0.3 is 5.11 Å². The summed E-state index contributed by atoms with van der Waals surface area (Å²) >= 11 is 0. The van der Waals surface area contributed by atoms with Gasteiger partial charge in [0.15, 0.2) is 0 Å². The van der Waals surface area contributed by atoms with Gasteiger partial charge in [0.2, 0.25) is 0 Å². The molecule has 0 spiro atoms. The van der Waals surface area contributed by atoms with Crippen molar-refractivity contribution in [3.05, 3.63) is 88.0 Å². The number of hydrogen-bond donors (Lipinski definition) is 1. The second-order valence-electron chi connectivity index (χ2n) is 15.4. The van der Waals surface area contributed by atoms with Crippen molar-refractivity contribution in [2.45, 2.75) is 109 Å². The molecule has 0 saturated heterocycles. The van der Waals surface area contributed by atoms with Crippen molar-refractivity contribution < 1.29 is 5.11 Å². The zero-order chi connectivity index (χ0) is 28.6. The molecule has 1 nitrogen and oxygen atoms in total. The van der Waals surface area contributed by atoms with Gasteiger partial charge in [-0.15, -0.1) is 0 Å². The van der Waals surface area contributed by atoms with Crippen molar-refractivity contribution in [1.29, 1.82) is 0 Å². The quantitative estimate of drug-likeness (QED) is 0.219. The molecule has 3 aliphatic rings. The lowest BCUT2D eigenvalue weighted by molar-refractivity contribution is 0.108. The van der Waals surface area contributed by atoms with Crippen LogP contribution in [0.3, 0.4) is 0 Å². The van der Waals surface area contributed by atoms with E-state index < -0.39 is 29.8 Å². The molecule has 0 fully saturated rings. The highest BCUT2D eigenvalue weighted by atomic mass is 28.3. The highest BCUT2D eigenvalue weighted by molar-refractivity contribution is 6.90. The van der Waals surface area contributed by atoms with E-state index in [4.69, 9.17) is 0 Å². The van der Waals surface area contributed by atoms with Gasteiger partial charge in [0.25, 0.3) is 0 Å². The number of rotatable bonds is 8. The van der Waals surface area contributed by atoms with E-state index in [0.29, 0.717) is 0 Å². The minimum absolute atomic E-state index is 0.209. The summed E-state index contributed by atoms with van der Waals surface area (Å²) in [6.45, 7) is 24.4. The van der Waals surface area contributed by atoms with Crippen LogP contribution in [0.1, 0.15) is 72.4 Å². The van der Waals surface area contributed by atoms with Crippen molar-refractivity contribution in [1.82, 2.24) is 0 Å². The van der Waals surface area contributed by atoms with Crippen LogP contribution in [-0.4, -0.2) is 29.3 Å². The average Bonchev–Trinajstić information content (AvgIpc) is 2.85. The van der Waals surface area contributed by atoms with E-state index in [1.165, 1.54) is 74.6 Å². The highest BCUT2D eigenvalue weighted by Gasteiger charge is 2.61. The fraction of sp³-hybridized carbons (Fsp3) is 0.486. The highest BCUT2D eigenvalue weighted by Crippen LogP contribution is 2.62. The molecule has 208 valence electrons. The summed E-state index contributed by atoms with van der Waals surface area (Å²) in [5, 5.41) is 18.1. The summed E-state index contributed by atoms with van der Waals surface area (Å²) in [5.41, 5.74) is 6.64. The van der Waals surface area contributed by atoms with Crippen LogP contribution in [-0.2, 0) is 11.0 Å². The Kier molecular flexibility index (Phi) is 6.94. The lowest BCUT2D eigenvalue weighted by Crippen LogP contribution is -2.63. The van der Waals surface area contributed by atoms with E-state index in [-0.39, 0.29) is 5.41 Å². The van der Waals surface area contributed by atoms with Crippen LogP contribution in [0.15, 0.2) is 54.6 Å². The van der Waals surface area contributed by atoms with E-state index in [1.807, 2.05) is 0 Å². The minimum Gasteiger partial charge on any atom is -0.376 e. The zero-order valence-corrected chi connectivity index (χ0v) is 29.2. The normalized spacial score (nSPS) is 21.9. The van der Waals surface area contributed by atoms with Gasteiger partial charge in [0, 0.05) is 5.41 Å². The van der Waals surface area contributed by atoms with Crippen molar-refractivity contribution in [2.24, 2.45) is 0 Å². The lowest BCUT2D eigenvalue weighted by Gasteiger charge is -2.58. The Bertz CT molecular complexity index is 1250. The topological polar surface area (TPSA) is 20.2 Å². The molecule has 2 bridgehead atoms. The van der Waals surface area contributed by atoms with Crippen LogP contribution in [0, 0.1) is 0 Å². The summed E-state index contributed by atoms with van der Waals surface area (Å²) in [7, 11) is -5.34. The van der Waals surface area contributed by atoms with Gasteiger partial charge in [0.1, 0.15) is 5.60 Å². The molecule has 3 aliphatic carbocycles. The van der Waals surface area contributed by atoms with Crippen molar-refractivity contribution in [2.75, 3.05) is 0 Å². The Labute approximate surface area is 241 Å². The summed E-state index contributed by atoms with van der Waals surface area (Å²) < 4.78 is 0. The van der Waals surface area contributed by atoms with Gasteiger partial charge in [0.05, 0.1) is 24.2 Å². The van der Waals surface area contributed by atoms with Gasteiger partial charge in [-0.2, -0.15) is 0 Å². The molecule has 0 atom stereocenters. The third-order valence-electron chi connectivity index (χ3n) is 9.49. The third-order valence-corrected chi connectivity index (χ3v) is 15.6.